The number of nitro benzene ring substituents is 1. The third-order valence-electron chi connectivity index (χ3n) is 4.34. The Hall–Kier alpha value is -2.15. The van der Waals surface area contributed by atoms with Crippen LogP contribution < -0.4 is 10.6 Å². The van der Waals surface area contributed by atoms with Gasteiger partial charge in [-0.3, -0.25) is 10.1 Å². The van der Waals surface area contributed by atoms with Crippen molar-refractivity contribution < 1.29 is 14.5 Å². The molecule has 2 fully saturated rings. The molecule has 2 amide bonds. The van der Waals surface area contributed by atoms with E-state index in [-0.39, 0.29) is 30.0 Å². The van der Waals surface area contributed by atoms with Crippen LogP contribution in [-0.4, -0.2) is 29.2 Å². The van der Waals surface area contributed by atoms with Crippen molar-refractivity contribution in [1.82, 2.24) is 5.32 Å². The number of rotatable bonds is 4. The summed E-state index contributed by atoms with van der Waals surface area (Å²) in [7, 11) is 0. The van der Waals surface area contributed by atoms with E-state index in [4.69, 9.17) is 4.74 Å². The number of carbonyl (C=O) groups excluding carboxylic acids is 1. The number of nitro groups is 1. The maximum atomic E-state index is 12.0. The number of ether oxygens (including phenoxy) is 1. The van der Waals surface area contributed by atoms with Crippen molar-refractivity contribution in [2.24, 2.45) is 0 Å². The topological polar surface area (TPSA) is 93.5 Å². The predicted octanol–water partition coefficient (Wildman–Crippen LogP) is 2.60. The fourth-order valence-electron chi connectivity index (χ4n) is 3.24. The van der Waals surface area contributed by atoms with E-state index in [1.54, 1.807) is 12.1 Å². The van der Waals surface area contributed by atoms with E-state index in [0.29, 0.717) is 17.7 Å². The quantitative estimate of drug-likeness (QED) is 0.660. The van der Waals surface area contributed by atoms with Gasteiger partial charge in [-0.05, 0) is 31.7 Å². The molecule has 0 aromatic heterocycles. The Balaban J connectivity index is 1.64. The van der Waals surface area contributed by atoms with Crippen LogP contribution in [0.1, 0.15) is 31.7 Å². The molecule has 1 aromatic rings. The summed E-state index contributed by atoms with van der Waals surface area (Å²) in [6.07, 6.45) is 3.83. The second kappa shape index (κ2) is 5.92. The van der Waals surface area contributed by atoms with Gasteiger partial charge < -0.3 is 15.4 Å². The molecule has 0 unspecified atom stereocenters. The Morgan fingerprint density at radius 1 is 1.45 bits per heavy atom. The van der Waals surface area contributed by atoms with Gasteiger partial charge in [0.05, 0.1) is 23.2 Å². The van der Waals surface area contributed by atoms with Gasteiger partial charge in [-0.15, -0.1) is 0 Å². The molecule has 0 saturated carbocycles. The highest BCUT2D eigenvalue weighted by Gasteiger charge is 2.41. The van der Waals surface area contributed by atoms with E-state index < -0.39 is 4.92 Å². The summed E-state index contributed by atoms with van der Waals surface area (Å²) in [5, 5.41) is 16.6. The summed E-state index contributed by atoms with van der Waals surface area (Å²) in [6, 6.07) is 4.44. The molecule has 3 atom stereocenters. The average Bonchev–Trinajstić information content (AvgIpc) is 3.09. The summed E-state index contributed by atoms with van der Waals surface area (Å²) in [4.78, 5) is 22.7. The zero-order valence-corrected chi connectivity index (χ0v) is 12.4. The minimum absolute atomic E-state index is 0.0311. The Morgan fingerprint density at radius 2 is 2.27 bits per heavy atom. The standard InChI is InChI=1S/C15H19N3O4/c1-2-9-3-4-10(7-13(9)18(20)21)16-15(19)17-12-8-11-5-6-14(12)22-11/h3-4,7,11-12,14H,2,5-6,8H2,1H3,(H2,16,17,19)/t11-,12+,14-/m1/s1. The maximum Gasteiger partial charge on any atom is 0.319 e. The highest BCUT2D eigenvalue weighted by atomic mass is 16.6. The normalized spacial score (nSPS) is 26.0. The lowest BCUT2D eigenvalue weighted by atomic mass is 9.96. The number of anilines is 1. The minimum Gasteiger partial charge on any atom is -0.373 e. The monoisotopic (exact) mass is 305 g/mol. The number of aryl methyl sites for hydroxylation is 1. The Labute approximate surface area is 128 Å². The van der Waals surface area contributed by atoms with E-state index in [2.05, 4.69) is 10.6 Å². The lowest BCUT2D eigenvalue weighted by Gasteiger charge is -2.20. The van der Waals surface area contributed by atoms with Crippen molar-refractivity contribution >= 4 is 17.4 Å². The van der Waals surface area contributed by atoms with E-state index in [9.17, 15) is 14.9 Å². The van der Waals surface area contributed by atoms with Crippen LogP contribution in [0.15, 0.2) is 18.2 Å². The number of urea groups is 1. The second-order valence-electron chi connectivity index (χ2n) is 5.77. The lowest BCUT2D eigenvalue weighted by Crippen LogP contribution is -2.43. The molecule has 2 bridgehead atoms. The fraction of sp³-hybridized carbons (Fsp3) is 0.533. The van der Waals surface area contributed by atoms with Gasteiger partial charge in [-0.25, -0.2) is 4.79 Å². The van der Waals surface area contributed by atoms with Crippen LogP contribution in [0.4, 0.5) is 16.2 Å². The zero-order valence-electron chi connectivity index (χ0n) is 12.4. The molecule has 0 spiro atoms. The largest absolute Gasteiger partial charge is 0.373 e. The molecule has 2 aliphatic rings. The molecule has 118 valence electrons. The van der Waals surface area contributed by atoms with Gasteiger partial charge in [0.2, 0.25) is 0 Å². The maximum absolute atomic E-state index is 12.0. The van der Waals surface area contributed by atoms with Crippen LogP contribution in [0.3, 0.4) is 0 Å². The highest BCUT2D eigenvalue weighted by Crippen LogP contribution is 2.34. The Bertz CT molecular complexity index is 604. The van der Waals surface area contributed by atoms with E-state index in [1.165, 1.54) is 6.07 Å². The molecule has 0 radical (unpaired) electrons. The molecule has 2 saturated heterocycles. The van der Waals surface area contributed by atoms with Crippen molar-refractivity contribution in [2.75, 3.05) is 5.32 Å². The van der Waals surface area contributed by atoms with E-state index in [0.717, 1.165) is 19.3 Å². The van der Waals surface area contributed by atoms with Crippen molar-refractivity contribution in [3.63, 3.8) is 0 Å². The molecule has 2 heterocycles. The molecule has 3 rings (SSSR count). The first kappa shape index (κ1) is 14.8. The molecule has 7 nitrogen and oxygen atoms in total. The van der Waals surface area contributed by atoms with E-state index in [1.807, 2.05) is 6.92 Å². The lowest BCUT2D eigenvalue weighted by molar-refractivity contribution is -0.385. The molecule has 2 aliphatic heterocycles. The first-order valence-corrected chi connectivity index (χ1v) is 7.57. The van der Waals surface area contributed by atoms with Gasteiger partial charge in [0.15, 0.2) is 0 Å². The van der Waals surface area contributed by atoms with Crippen LogP contribution in [0.2, 0.25) is 0 Å². The number of hydrogen-bond donors (Lipinski definition) is 2. The van der Waals surface area contributed by atoms with Crippen LogP contribution in [0, 0.1) is 10.1 Å². The van der Waals surface area contributed by atoms with Gasteiger partial charge >= 0.3 is 6.03 Å². The summed E-state index contributed by atoms with van der Waals surface area (Å²) in [5.74, 6) is 0. The number of benzene rings is 1. The fourth-order valence-corrected chi connectivity index (χ4v) is 3.24. The molecular weight excluding hydrogens is 286 g/mol. The molecule has 7 heteroatoms. The SMILES string of the molecule is CCc1ccc(NC(=O)N[C@H]2C[C@H]3CC[C@H]2O3)cc1[N+](=O)[O-]. The van der Waals surface area contributed by atoms with Gasteiger partial charge in [0.25, 0.3) is 5.69 Å². The van der Waals surface area contributed by atoms with Gasteiger partial charge in [-0.1, -0.05) is 13.0 Å². The van der Waals surface area contributed by atoms with Crippen LogP contribution in [0.5, 0.6) is 0 Å². The number of amides is 2. The molecule has 22 heavy (non-hydrogen) atoms. The third-order valence-corrected chi connectivity index (χ3v) is 4.34. The number of fused-ring (bicyclic) bond motifs is 2. The van der Waals surface area contributed by atoms with Crippen molar-refractivity contribution in [1.29, 1.82) is 0 Å². The zero-order chi connectivity index (χ0) is 15.7. The summed E-state index contributed by atoms with van der Waals surface area (Å²) in [6.45, 7) is 1.86. The third kappa shape index (κ3) is 2.89. The number of hydrogen-bond acceptors (Lipinski definition) is 4. The average molecular weight is 305 g/mol. The second-order valence-corrected chi connectivity index (χ2v) is 5.77. The highest BCUT2D eigenvalue weighted by molar-refractivity contribution is 5.90. The number of carbonyl (C=O) groups is 1. The first-order valence-electron chi connectivity index (χ1n) is 7.57. The molecule has 0 aliphatic carbocycles. The van der Waals surface area contributed by atoms with Crippen LogP contribution >= 0.6 is 0 Å². The summed E-state index contributed by atoms with van der Waals surface area (Å²) >= 11 is 0. The Kier molecular flexibility index (Phi) is 3.98. The predicted molar refractivity (Wildman–Crippen MR) is 80.9 cm³/mol. The Morgan fingerprint density at radius 3 is 2.86 bits per heavy atom. The van der Waals surface area contributed by atoms with Crippen molar-refractivity contribution in [3.8, 4) is 0 Å². The van der Waals surface area contributed by atoms with Crippen LogP contribution in [-0.2, 0) is 11.2 Å². The first-order chi connectivity index (χ1) is 10.6. The van der Waals surface area contributed by atoms with Gasteiger partial charge in [0, 0.05) is 17.3 Å². The minimum atomic E-state index is -0.425. The molecular formula is C15H19N3O4. The van der Waals surface area contributed by atoms with Crippen molar-refractivity contribution in [2.45, 2.75) is 50.9 Å². The van der Waals surface area contributed by atoms with Gasteiger partial charge in [-0.2, -0.15) is 0 Å². The summed E-state index contributed by atoms with van der Waals surface area (Å²) in [5.41, 5.74) is 1.10. The molecule has 1 aromatic carbocycles. The van der Waals surface area contributed by atoms with Gasteiger partial charge in [0.1, 0.15) is 0 Å². The number of nitrogens with one attached hydrogen (secondary N) is 2. The number of nitrogens with zero attached hydrogens (tertiary/aromatic N) is 1. The molecule has 2 N–H and O–H groups in total. The summed E-state index contributed by atoms with van der Waals surface area (Å²) < 4.78 is 5.68. The van der Waals surface area contributed by atoms with Crippen molar-refractivity contribution in [3.05, 3.63) is 33.9 Å². The van der Waals surface area contributed by atoms with Crippen LogP contribution in [0.25, 0.3) is 0 Å². The smallest absolute Gasteiger partial charge is 0.319 e. The van der Waals surface area contributed by atoms with E-state index >= 15 is 0 Å².